The number of piperazine rings is 1. The van der Waals surface area contributed by atoms with E-state index in [0.29, 0.717) is 56.3 Å². The van der Waals surface area contributed by atoms with Crippen molar-refractivity contribution in [1.29, 1.82) is 0 Å². The van der Waals surface area contributed by atoms with E-state index in [2.05, 4.69) is 10.2 Å². The van der Waals surface area contributed by atoms with Crippen molar-refractivity contribution in [3.05, 3.63) is 69.8 Å². The fourth-order valence-corrected chi connectivity index (χ4v) is 4.44. The third kappa shape index (κ3) is 4.95. The zero-order chi connectivity index (χ0) is 25.2. The minimum Gasteiger partial charge on any atom is -0.448 e. The van der Waals surface area contributed by atoms with Gasteiger partial charge in [0.1, 0.15) is 5.82 Å². The smallest absolute Gasteiger partial charge is 0.291 e. The van der Waals surface area contributed by atoms with Crippen LogP contribution in [0.2, 0.25) is 0 Å². The monoisotopic (exact) mass is 494 g/mol. The van der Waals surface area contributed by atoms with E-state index in [1.165, 1.54) is 6.07 Å². The second-order valence-electron chi connectivity index (χ2n) is 9.00. The van der Waals surface area contributed by atoms with Gasteiger partial charge >= 0.3 is 0 Å². The van der Waals surface area contributed by atoms with Gasteiger partial charge in [-0.05, 0) is 37.4 Å². The molecule has 0 bridgehead atoms. The van der Waals surface area contributed by atoms with Gasteiger partial charge in [0.2, 0.25) is 0 Å². The molecule has 2 aromatic carbocycles. The highest BCUT2D eigenvalue weighted by molar-refractivity contribution is 6.04. The number of nitrogens with one attached hydrogen (secondary N) is 1. The number of rotatable bonds is 4. The van der Waals surface area contributed by atoms with Crippen molar-refractivity contribution >= 4 is 34.2 Å². The number of amides is 2. The van der Waals surface area contributed by atoms with Gasteiger partial charge in [-0.1, -0.05) is 0 Å². The van der Waals surface area contributed by atoms with E-state index in [4.69, 9.17) is 9.15 Å². The molecule has 9 nitrogen and oxygen atoms in total. The number of carbonyl (C=O) groups excluding carboxylic acids is 2. The quantitative estimate of drug-likeness (QED) is 0.595. The number of benzene rings is 2. The average Bonchev–Trinajstić information content (AvgIpc) is 2.89. The minimum absolute atomic E-state index is 0.0893. The lowest BCUT2D eigenvalue weighted by Gasteiger charge is -2.34. The molecule has 5 rings (SSSR count). The van der Waals surface area contributed by atoms with Gasteiger partial charge in [0, 0.05) is 62.7 Å². The summed E-state index contributed by atoms with van der Waals surface area (Å²) in [5, 5.41) is 2.79. The first-order valence-electron chi connectivity index (χ1n) is 11.9. The van der Waals surface area contributed by atoms with Crippen molar-refractivity contribution in [2.45, 2.75) is 0 Å². The highest BCUT2D eigenvalue weighted by atomic mass is 19.1. The van der Waals surface area contributed by atoms with Crippen molar-refractivity contribution in [1.82, 2.24) is 9.80 Å². The summed E-state index contributed by atoms with van der Waals surface area (Å²) in [6.45, 7) is 4.96. The van der Waals surface area contributed by atoms with E-state index < -0.39 is 17.2 Å². The van der Waals surface area contributed by atoms with Crippen LogP contribution in [0.4, 0.5) is 15.8 Å². The van der Waals surface area contributed by atoms with Crippen LogP contribution < -0.4 is 15.6 Å². The van der Waals surface area contributed by atoms with E-state index in [1.54, 1.807) is 29.2 Å². The Bertz CT molecular complexity index is 1340. The second-order valence-corrected chi connectivity index (χ2v) is 9.00. The lowest BCUT2D eigenvalue weighted by atomic mass is 10.1. The zero-order valence-corrected chi connectivity index (χ0v) is 20.0. The van der Waals surface area contributed by atoms with Gasteiger partial charge in [0.05, 0.1) is 24.3 Å². The average molecular weight is 495 g/mol. The minimum atomic E-state index is -0.616. The molecule has 10 heteroatoms. The molecule has 2 aliphatic heterocycles. The number of likely N-dealkylation sites (N-methyl/N-ethyl adjacent to an activating group) is 1. The van der Waals surface area contributed by atoms with Crippen molar-refractivity contribution < 1.29 is 23.1 Å². The molecule has 1 N–H and O–H groups in total. The molecule has 0 unspecified atom stereocenters. The van der Waals surface area contributed by atoms with E-state index in [1.807, 2.05) is 11.9 Å². The van der Waals surface area contributed by atoms with E-state index in [-0.39, 0.29) is 22.6 Å². The third-order valence-corrected chi connectivity index (χ3v) is 6.53. The Morgan fingerprint density at radius 3 is 2.33 bits per heavy atom. The van der Waals surface area contributed by atoms with Gasteiger partial charge in [0.25, 0.3) is 11.8 Å². The van der Waals surface area contributed by atoms with Crippen molar-refractivity contribution in [3.8, 4) is 0 Å². The fourth-order valence-electron chi connectivity index (χ4n) is 4.44. The highest BCUT2D eigenvalue weighted by Gasteiger charge is 2.22. The first-order valence-corrected chi connectivity index (χ1v) is 11.9. The van der Waals surface area contributed by atoms with Gasteiger partial charge in [-0.25, -0.2) is 4.39 Å². The molecule has 2 aliphatic rings. The molecule has 1 aromatic heterocycles. The van der Waals surface area contributed by atoms with Crippen LogP contribution in [0.5, 0.6) is 0 Å². The van der Waals surface area contributed by atoms with E-state index >= 15 is 0 Å². The van der Waals surface area contributed by atoms with Gasteiger partial charge in [-0.2, -0.15) is 0 Å². The summed E-state index contributed by atoms with van der Waals surface area (Å²) in [6.07, 6.45) is 0. The molecule has 2 fully saturated rings. The highest BCUT2D eigenvalue weighted by Crippen LogP contribution is 2.28. The summed E-state index contributed by atoms with van der Waals surface area (Å²) < 4.78 is 25.5. The topological polar surface area (TPSA) is 95.3 Å². The molecule has 0 aliphatic carbocycles. The van der Waals surface area contributed by atoms with Crippen molar-refractivity contribution in [2.24, 2.45) is 0 Å². The normalized spacial score (nSPS) is 16.8. The summed E-state index contributed by atoms with van der Waals surface area (Å²) in [5.41, 5.74) is 1.09. The summed E-state index contributed by atoms with van der Waals surface area (Å²) >= 11 is 0. The first kappa shape index (κ1) is 24.0. The lowest BCUT2D eigenvalue weighted by Crippen LogP contribution is -2.44. The summed E-state index contributed by atoms with van der Waals surface area (Å²) in [4.78, 5) is 44.2. The number of hydrogen-bond acceptors (Lipinski definition) is 7. The van der Waals surface area contributed by atoms with E-state index in [0.717, 1.165) is 25.2 Å². The largest absolute Gasteiger partial charge is 0.448 e. The number of ether oxygens (including phenoxy) is 1. The van der Waals surface area contributed by atoms with Gasteiger partial charge in [-0.3, -0.25) is 14.4 Å². The number of morpholine rings is 1. The maximum atomic E-state index is 14.3. The molecule has 2 saturated heterocycles. The first-order chi connectivity index (χ1) is 17.4. The molecule has 0 spiro atoms. The predicted octanol–water partition coefficient (Wildman–Crippen LogP) is 2.41. The molecule has 0 saturated carbocycles. The van der Waals surface area contributed by atoms with Crippen LogP contribution in [0.1, 0.15) is 20.9 Å². The van der Waals surface area contributed by atoms with Crippen molar-refractivity contribution in [2.75, 3.05) is 69.7 Å². The van der Waals surface area contributed by atoms with Crippen LogP contribution in [0.15, 0.2) is 51.7 Å². The molecule has 188 valence electrons. The van der Waals surface area contributed by atoms with Crippen LogP contribution in [0, 0.1) is 5.82 Å². The van der Waals surface area contributed by atoms with Gasteiger partial charge in [-0.15, -0.1) is 0 Å². The summed E-state index contributed by atoms with van der Waals surface area (Å²) in [6, 6.07) is 10.1. The Kier molecular flexibility index (Phi) is 6.71. The number of nitrogens with zero attached hydrogens (tertiary/aromatic N) is 3. The van der Waals surface area contributed by atoms with Gasteiger partial charge < -0.3 is 29.2 Å². The second kappa shape index (κ2) is 10.1. The SMILES string of the molecule is CN1CCN(c2cc(F)cc3c(=O)cc(C(=O)Nc4ccc(C(=O)N5CCOCC5)cc4)oc23)CC1. The Morgan fingerprint density at radius 1 is 0.944 bits per heavy atom. The van der Waals surface area contributed by atoms with Crippen molar-refractivity contribution in [3.63, 3.8) is 0 Å². The number of fused-ring (bicyclic) bond motifs is 1. The molecular formula is C26H27FN4O5. The molecule has 0 radical (unpaired) electrons. The molecule has 2 amide bonds. The maximum Gasteiger partial charge on any atom is 0.291 e. The molecule has 3 aromatic rings. The predicted molar refractivity (Wildman–Crippen MR) is 133 cm³/mol. The van der Waals surface area contributed by atoms with Crippen LogP contribution in [-0.4, -0.2) is 81.1 Å². The Labute approximate surface area is 207 Å². The van der Waals surface area contributed by atoms with Gasteiger partial charge in [0.15, 0.2) is 16.8 Å². The number of carbonyl (C=O) groups is 2. The maximum absolute atomic E-state index is 14.3. The molecular weight excluding hydrogens is 467 g/mol. The number of anilines is 2. The third-order valence-electron chi connectivity index (χ3n) is 6.53. The van der Waals surface area contributed by atoms with Crippen LogP contribution in [0.3, 0.4) is 0 Å². The number of hydrogen-bond donors (Lipinski definition) is 1. The lowest BCUT2D eigenvalue weighted by molar-refractivity contribution is 0.0303. The van der Waals surface area contributed by atoms with E-state index in [9.17, 15) is 18.8 Å². The Morgan fingerprint density at radius 2 is 1.64 bits per heavy atom. The van der Waals surface area contributed by atoms with Crippen LogP contribution >= 0.6 is 0 Å². The summed E-state index contributed by atoms with van der Waals surface area (Å²) in [7, 11) is 2.01. The summed E-state index contributed by atoms with van der Waals surface area (Å²) in [5.74, 6) is -1.43. The standard InChI is InChI=1S/C26H27FN4O5/c1-29-6-8-30(9-7-29)21-15-18(27)14-20-22(32)16-23(36-24(20)21)25(33)28-19-4-2-17(3-5-19)26(34)31-10-12-35-13-11-31/h2-5,14-16H,6-13H2,1H3,(H,28,33). The van der Waals surface area contributed by atoms with Crippen LogP contribution in [-0.2, 0) is 4.74 Å². The zero-order valence-electron chi connectivity index (χ0n) is 20.0. The van der Waals surface area contributed by atoms with Crippen LogP contribution in [0.25, 0.3) is 11.0 Å². The fraction of sp³-hybridized carbons (Fsp3) is 0.346. The number of halogens is 1. The molecule has 36 heavy (non-hydrogen) atoms. The molecule has 0 atom stereocenters. The molecule has 3 heterocycles. The Hall–Kier alpha value is -3.76. The Balaban J connectivity index is 1.38.